The summed E-state index contributed by atoms with van der Waals surface area (Å²) in [4.78, 5) is 21.8. The van der Waals surface area contributed by atoms with Crippen molar-refractivity contribution in [3.63, 3.8) is 0 Å². The number of nitrogens with one attached hydrogen (secondary N) is 1. The number of carbonyl (C=O) groups is 1. The molecule has 1 aliphatic rings. The standard InChI is InChI=1S/C26H22F2N6O2/c1-26(13-29)14-36-12-17-4-3-15(7-19(17)26)25(35)31-11-18-8-21-16(10-30-18)5-6-20(32-21)22-9-23(24(27)28)34(2)33-22/h3-10,24H,11-12,14H2,1-2H3,(H,31,35)/t26-/m1/s1. The Hall–Kier alpha value is -4.23. The van der Waals surface area contributed by atoms with Crippen LogP contribution in [0.25, 0.3) is 22.3 Å². The van der Waals surface area contributed by atoms with Crippen molar-refractivity contribution >= 4 is 16.8 Å². The average Bonchev–Trinajstić information content (AvgIpc) is 3.28. The van der Waals surface area contributed by atoms with E-state index in [4.69, 9.17) is 4.74 Å². The van der Waals surface area contributed by atoms with Crippen molar-refractivity contribution in [2.75, 3.05) is 6.61 Å². The normalized spacial score (nSPS) is 17.1. The zero-order valence-corrected chi connectivity index (χ0v) is 19.6. The van der Waals surface area contributed by atoms with Crippen molar-refractivity contribution in [3.8, 4) is 17.5 Å². The molecule has 8 nitrogen and oxygen atoms in total. The van der Waals surface area contributed by atoms with E-state index in [1.165, 1.54) is 13.1 Å². The summed E-state index contributed by atoms with van der Waals surface area (Å²) in [6.07, 6.45) is -0.985. The fourth-order valence-corrected chi connectivity index (χ4v) is 4.27. The number of aromatic nitrogens is 4. The lowest BCUT2D eigenvalue weighted by molar-refractivity contribution is 0.0757. The van der Waals surface area contributed by atoms with Gasteiger partial charge in [0.05, 0.1) is 42.7 Å². The molecule has 5 rings (SSSR count). The molecule has 4 heterocycles. The van der Waals surface area contributed by atoms with Gasteiger partial charge in [-0.1, -0.05) is 6.07 Å². The Balaban J connectivity index is 1.35. The van der Waals surface area contributed by atoms with E-state index < -0.39 is 11.8 Å². The number of nitriles is 1. The summed E-state index contributed by atoms with van der Waals surface area (Å²) in [6.45, 7) is 2.65. The fourth-order valence-electron chi connectivity index (χ4n) is 4.27. The van der Waals surface area contributed by atoms with Crippen LogP contribution in [0.4, 0.5) is 8.78 Å². The van der Waals surface area contributed by atoms with Gasteiger partial charge in [-0.3, -0.25) is 14.5 Å². The first kappa shape index (κ1) is 23.5. The summed E-state index contributed by atoms with van der Waals surface area (Å²) >= 11 is 0. The first-order valence-corrected chi connectivity index (χ1v) is 11.3. The van der Waals surface area contributed by atoms with Crippen LogP contribution in [-0.4, -0.2) is 32.3 Å². The SMILES string of the molecule is Cn1nc(-c2ccc3cnc(CNC(=O)c4ccc5c(c4)[C@](C)(C#N)COC5)cc3n2)cc1C(F)F. The van der Waals surface area contributed by atoms with E-state index in [1.54, 1.807) is 43.5 Å². The van der Waals surface area contributed by atoms with Gasteiger partial charge in [-0.2, -0.15) is 10.4 Å². The molecule has 1 aromatic carbocycles. The molecule has 1 N–H and O–H groups in total. The smallest absolute Gasteiger partial charge is 0.280 e. The average molecular weight is 488 g/mol. The number of carbonyl (C=O) groups excluding carboxylic acids is 1. The number of aryl methyl sites for hydroxylation is 1. The molecule has 10 heteroatoms. The van der Waals surface area contributed by atoms with Crippen LogP contribution < -0.4 is 5.32 Å². The van der Waals surface area contributed by atoms with E-state index in [9.17, 15) is 18.8 Å². The number of hydrogen-bond donors (Lipinski definition) is 1. The van der Waals surface area contributed by atoms with Gasteiger partial charge in [0.15, 0.2) is 0 Å². The van der Waals surface area contributed by atoms with Gasteiger partial charge in [0, 0.05) is 24.2 Å². The van der Waals surface area contributed by atoms with Gasteiger partial charge in [-0.05, 0) is 54.4 Å². The van der Waals surface area contributed by atoms with Crippen LogP contribution in [0.1, 0.15) is 46.2 Å². The van der Waals surface area contributed by atoms with Crippen molar-refractivity contribution in [3.05, 3.63) is 76.7 Å². The number of pyridine rings is 2. The molecule has 3 aromatic heterocycles. The lowest BCUT2D eigenvalue weighted by atomic mass is 9.79. The van der Waals surface area contributed by atoms with Crippen LogP contribution in [0.15, 0.2) is 48.7 Å². The minimum Gasteiger partial charge on any atom is -0.375 e. The molecule has 0 spiro atoms. The van der Waals surface area contributed by atoms with Crippen molar-refractivity contribution in [1.29, 1.82) is 5.26 Å². The van der Waals surface area contributed by atoms with E-state index in [0.717, 1.165) is 21.2 Å². The Labute approximate surface area is 205 Å². The van der Waals surface area contributed by atoms with Crippen LogP contribution in [-0.2, 0) is 30.4 Å². The van der Waals surface area contributed by atoms with Crippen molar-refractivity contribution < 1.29 is 18.3 Å². The summed E-state index contributed by atoms with van der Waals surface area (Å²) in [5.41, 5.74) is 3.16. The molecule has 0 bridgehead atoms. The summed E-state index contributed by atoms with van der Waals surface area (Å²) in [5.74, 6) is -0.291. The molecule has 4 aromatic rings. The Morgan fingerprint density at radius 3 is 2.83 bits per heavy atom. The highest BCUT2D eigenvalue weighted by atomic mass is 19.3. The molecular weight excluding hydrogens is 466 g/mol. The van der Waals surface area contributed by atoms with E-state index >= 15 is 0 Å². The second-order valence-corrected chi connectivity index (χ2v) is 8.93. The van der Waals surface area contributed by atoms with Crippen LogP contribution in [0.2, 0.25) is 0 Å². The number of halogens is 2. The van der Waals surface area contributed by atoms with Crippen molar-refractivity contribution in [2.45, 2.75) is 31.9 Å². The molecule has 1 aliphatic heterocycles. The van der Waals surface area contributed by atoms with E-state index in [0.29, 0.717) is 34.8 Å². The number of rotatable bonds is 5. The maximum Gasteiger partial charge on any atom is 0.280 e. The second-order valence-electron chi connectivity index (χ2n) is 8.93. The zero-order chi connectivity index (χ0) is 25.4. The van der Waals surface area contributed by atoms with Gasteiger partial charge in [0.1, 0.15) is 16.8 Å². The summed E-state index contributed by atoms with van der Waals surface area (Å²) in [5, 5.41) is 17.4. The minimum atomic E-state index is -2.63. The molecule has 0 fully saturated rings. The number of benzene rings is 1. The van der Waals surface area contributed by atoms with Crippen molar-refractivity contribution in [2.24, 2.45) is 7.05 Å². The molecule has 1 amide bonds. The quantitative estimate of drug-likeness (QED) is 0.451. The first-order valence-electron chi connectivity index (χ1n) is 11.3. The number of ether oxygens (including phenoxy) is 1. The highest BCUT2D eigenvalue weighted by molar-refractivity contribution is 5.94. The van der Waals surface area contributed by atoms with Crippen LogP contribution in [0.5, 0.6) is 0 Å². The third kappa shape index (κ3) is 4.29. The highest BCUT2D eigenvalue weighted by Gasteiger charge is 2.33. The maximum atomic E-state index is 13.1. The van der Waals surface area contributed by atoms with Crippen LogP contribution >= 0.6 is 0 Å². The van der Waals surface area contributed by atoms with E-state index in [2.05, 4.69) is 26.5 Å². The van der Waals surface area contributed by atoms with Gasteiger partial charge in [-0.15, -0.1) is 0 Å². The number of nitrogens with zero attached hydrogens (tertiary/aromatic N) is 5. The number of alkyl halides is 2. The summed E-state index contributed by atoms with van der Waals surface area (Å²) in [6, 6.07) is 14.1. The molecule has 0 unspecified atom stereocenters. The van der Waals surface area contributed by atoms with Gasteiger partial charge < -0.3 is 10.1 Å². The highest BCUT2D eigenvalue weighted by Crippen LogP contribution is 2.32. The Bertz CT molecular complexity index is 1530. The number of hydrogen-bond acceptors (Lipinski definition) is 6. The molecule has 0 aliphatic carbocycles. The van der Waals surface area contributed by atoms with Crippen LogP contribution in [0, 0.1) is 11.3 Å². The van der Waals surface area contributed by atoms with Gasteiger partial charge >= 0.3 is 0 Å². The number of amides is 1. The minimum absolute atomic E-state index is 0.162. The first-order chi connectivity index (χ1) is 17.3. The monoisotopic (exact) mass is 488 g/mol. The van der Waals surface area contributed by atoms with Gasteiger partial charge in [-0.25, -0.2) is 13.8 Å². The fraction of sp³-hybridized carbons (Fsp3) is 0.269. The van der Waals surface area contributed by atoms with E-state index in [1.807, 2.05) is 6.07 Å². The molecule has 1 atom stereocenters. The third-order valence-corrected chi connectivity index (χ3v) is 6.32. The van der Waals surface area contributed by atoms with Gasteiger partial charge in [0.2, 0.25) is 0 Å². The van der Waals surface area contributed by atoms with Crippen molar-refractivity contribution in [1.82, 2.24) is 25.1 Å². The lowest BCUT2D eigenvalue weighted by Gasteiger charge is -2.30. The largest absolute Gasteiger partial charge is 0.375 e. The maximum absolute atomic E-state index is 13.1. The predicted molar refractivity (Wildman–Crippen MR) is 127 cm³/mol. The topological polar surface area (TPSA) is 106 Å². The summed E-state index contributed by atoms with van der Waals surface area (Å²) in [7, 11) is 1.47. The molecule has 36 heavy (non-hydrogen) atoms. The summed E-state index contributed by atoms with van der Waals surface area (Å²) < 4.78 is 32.9. The molecule has 0 radical (unpaired) electrons. The number of fused-ring (bicyclic) bond motifs is 2. The molecule has 182 valence electrons. The molecule has 0 saturated carbocycles. The predicted octanol–water partition coefficient (Wildman–Crippen LogP) is 4.21. The molecular formula is C26H22F2N6O2. The van der Waals surface area contributed by atoms with E-state index in [-0.39, 0.29) is 24.8 Å². The van der Waals surface area contributed by atoms with Crippen LogP contribution in [0.3, 0.4) is 0 Å². The lowest BCUT2D eigenvalue weighted by Crippen LogP contribution is -2.33. The third-order valence-electron chi connectivity index (χ3n) is 6.32. The Kier molecular flexibility index (Phi) is 5.94. The van der Waals surface area contributed by atoms with Gasteiger partial charge in [0.25, 0.3) is 12.3 Å². The Morgan fingerprint density at radius 1 is 1.25 bits per heavy atom. The molecule has 0 saturated heterocycles. The second kappa shape index (κ2) is 9.09. The Morgan fingerprint density at radius 2 is 2.08 bits per heavy atom. The zero-order valence-electron chi connectivity index (χ0n) is 19.6.